The van der Waals surface area contributed by atoms with Crippen molar-refractivity contribution in [1.29, 1.82) is 0 Å². The average molecular weight is 379 g/mol. The molecule has 0 saturated carbocycles. The van der Waals surface area contributed by atoms with E-state index >= 15 is 0 Å². The highest BCUT2D eigenvalue weighted by Crippen LogP contribution is 2.30. The van der Waals surface area contributed by atoms with E-state index in [1.165, 1.54) is 0 Å². The monoisotopic (exact) mass is 379 g/mol. The summed E-state index contributed by atoms with van der Waals surface area (Å²) in [4.78, 5) is 17.3. The Labute approximate surface area is 163 Å². The minimum atomic E-state index is -0.343. The van der Waals surface area contributed by atoms with E-state index in [1.54, 1.807) is 36.5 Å². The van der Waals surface area contributed by atoms with Gasteiger partial charge in [0.05, 0.1) is 22.6 Å². The van der Waals surface area contributed by atoms with Gasteiger partial charge >= 0.3 is 0 Å². The number of pyridine rings is 1. The maximum Gasteiger partial charge on any atom is 0.255 e. The van der Waals surface area contributed by atoms with Crippen LogP contribution in [0.4, 0.5) is 17.1 Å². The van der Waals surface area contributed by atoms with Crippen molar-refractivity contribution in [2.45, 2.75) is 25.8 Å². The zero-order valence-corrected chi connectivity index (χ0v) is 15.8. The van der Waals surface area contributed by atoms with Crippen molar-refractivity contribution >= 4 is 33.9 Å². The summed E-state index contributed by atoms with van der Waals surface area (Å²) in [6.45, 7) is 2.71. The zero-order chi connectivity index (χ0) is 20.1. The van der Waals surface area contributed by atoms with Gasteiger partial charge in [-0.15, -0.1) is 0 Å². The number of amides is 1. The van der Waals surface area contributed by atoms with Crippen LogP contribution < -0.4 is 22.1 Å². The Kier molecular flexibility index (Phi) is 5.96. The molecule has 0 aliphatic heterocycles. The van der Waals surface area contributed by atoms with Crippen molar-refractivity contribution in [3.05, 3.63) is 54.2 Å². The normalized spacial score (nSPS) is 11.9. The van der Waals surface area contributed by atoms with Crippen LogP contribution in [0.5, 0.6) is 5.75 Å². The number of phenols is 1. The Morgan fingerprint density at radius 3 is 2.82 bits per heavy atom. The zero-order valence-electron chi connectivity index (χ0n) is 15.8. The maximum atomic E-state index is 12.8. The Hall–Kier alpha value is -3.32. The first-order chi connectivity index (χ1) is 13.5. The minimum Gasteiger partial charge on any atom is -0.504 e. The molecular weight excluding hydrogens is 354 g/mol. The second kappa shape index (κ2) is 8.58. The predicted molar refractivity (Wildman–Crippen MR) is 114 cm³/mol. The summed E-state index contributed by atoms with van der Waals surface area (Å²) in [6.07, 6.45) is 3.55. The minimum absolute atomic E-state index is 0.146. The fourth-order valence-corrected chi connectivity index (χ4v) is 3.05. The quantitative estimate of drug-likeness (QED) is 0.317. The van der Waals surface area contributed by atoms with Crippen molar-refractivity contribution in [3.63, 3.8) is 0 Å². The van der Waals surface area contributed by atoms with E-state index in [4.69, 9.17) is 11.5 Å². The molecule has 0 fully saturated rings. The highest BCUT2D eigenvalue weighted by molar-refractivity contribution is 6.09. The molecule has 7 N–H and O–H groups in total. The van der Waals surface area contributed by atoms with Crippen LogP contribution >= 0.6 is 0 Å². The fraction of sp³-hybridized carbons (Fsp3) is 0.238. The Bertz CT molecular complexity index is 990. The van der Waals surface area contributed by atoms with Crippen LogP contribution in [0.3, 0.4) is 0 Å². The third kappa shape index (κ3) is 4.32. The van der Waals surface area contributed by atoms with Gasteiger partial charge in [-0.25, -0.2) is 0 Å². The topological polar surface area (TPSA) is 126 Å². The fourth-order valence-electron chi connectivity index (χ4n) is 3.05. The molecule has 0 aliphatic carbocycles. The molecule has 2 aromatic carbocycles. The summed E-state index contributed by atoms with van der Waals surface area (Å²) in [7, 11) is 0. The summed E-state index contributed by atoms with van der Waals surface area (Å²) in [5, 5.41) is 17.0. The molecule has 1 aromatic heterocycles. The van der Waals surface area contributed by atoms with E-state index in [-0.39, 0.29) is 29.1 Å². The molecule has 0 saturated heterocycles. The summed E-state index contributed by atoms with van der Waals surface area (Å²) in [6, 6.07) is 12.3. The molecule has 28 heavy (non-hydrogen) atoms. The van der Waals surface area contributed by atoms with Gasteiger partial charge in [-0.3, -0.25) is 9.78 Å². The second-order valence-electron chi connectivity index (χ2n) is 6.77. The summed E-state index contributed by atoms with van der Waals surface area (Å²) >= 11 is 0. The van der Waals surface area contributed by atoms with Gasteiger partial charge < -0.3 is 27.2 Å². The molecule has 0 bridgehead atoms. The van der Waals surface area contributed by atoms with Crippen LogP contribution in [0.1, 0.15) is 30.1 Å². The number of aromatic hydroxyl groups is 1. The smallest absolute Gasteiger partial charge is 0.255 e. The molecule has 1 atom stereocenters. The molecular formula is C21H25N5O2. The van der Waals surface area contributed by atoms with Crippen molar-refractivity contribution in [2.75, 3.05) is 22.9 Å². The predicted octanol–water partition coefficient (Wildman–Crippen LogP) is 3.31. The lowest BCUT2D eigenvalue weighted by Gasteiger charge is -2.17. The van der Waals surface area contributed by atoms with E-state index in [0.29, 0.717) is 12.1 Å². The SMILES string of the molecule is CC(CCCN)Nc1cc(C(=O)Nc2cccc(N)c2O)cc2cccnc12. The number of nitrogens with two attached hydrogens (primary N) is 2. The van der Waals surface area contributed by atoms with Gasteiger partial charge in [-0.2, -0.15) is 0 Å². The van der Waals surface area contributed by atoms with Crippen molar-refractivity contribution in [2.24, 2.45) is 5.73 Å². The maximum absolute atomic E-state index is 12.8. The molecule has 0 spiro atoms. The number of rotatable bonds is 7. The van der Waals surface area contributed by atoms with Crippen LogP contribution in [0.25, 0.3) is 10.9 Å². The number of hydrogen-bond acceptors (Lipinski definition) is 6. The number of aromatic nitrogens is 1. The van der Waals surface area contributed by atoms with Crippen molar-refractivity contribution in [3.8, 4) is 5.75 Å². The first kappa shape index (κ1) is 19.4. The number of fused-ring (bicyclic) bond motifs is 1. The van der Waals surface area contributed by atoms with Gasteiger partial charge in [-0.05, 0) is 56.6 Å². The number of anilines is 3. The first-order valence-corrected chi connectivity index (χ1v) is 9.23. The number of carbonyl (C=O) groups excluding carboxylic acids is 1. The van der Waals surface area contributed by atoms with E-state index in [0.717, 1.165) is 29.4 Å². The highest BCUT2D eigenvalue weighted by atomic mass is 16.3. The first-order valence-electron chi connectivity index (χ1n) is 9.23. The molecule has 146 valence electrons. The van der Waals surface area contributed by atoms with Crippen LogP contribution in [-0.4, -0.2) is 28.6 Å². The Balaban J connectivity index is 1.92. The highest BCUT2D eigenvalue weighted by Gasteiger charge is 2.15. The lowest BCUT2D eigenvalue weighted by atomic mass is 10.1. The van der Waals surface area contributed by atoms with Gasteiger partial charge in [0.2, 0.25) is 0 Å². The van der Waals surface area contributed by atoms with Gasteiger partial charge in [0.1, 0.15) is 0 Å². The number of nitrogens with one attached hydrogen (secondary N) is 2. The summed E-state index contributed by atoms with van der Waals surface area (Å²) in [5.41, 5.74) is 13.8. The number of nitrogens with zero attached hydrogens (tertiary/aromatic N) is 1. The Morgan fingerprint density at radius 2 is 2.04 bits per heavy atom. The average Bonchev–Trinajstić information content (AvgIpc) is 2.69. The molecule has 7 heteroatoms. The third-order valence-corrected chi connectivity index (χ3v) is 4.53. The molecule has 1 unspecified atom stereocenters. The van der Waals surface area contributed by atoms with Crippen LogP contribution in [0.2, 0.25) is 0 Å². The van der Waals surface area contributed by atoms with E-state index in [2.05, 4.69) is 22.5 Å². The molecule has 0 radical (unpaired) electrons. The Morgan fingerprint density at radius 1 is 1.21 bits per heavy atom. The van der Waals surface area contributed by atoms with Gasteiger partial charge in [-0.1, -0.05) is 12.1 Å². The van der Waals surface area contributed by atoms with Crippen LogP contribution in [-0.2, 0) is 0 Å². The third-order valence-electron chi connectivity index (χ3n) is 4.53. The van der Waals surface area contributed by atoms with Crippen LogP contribution in [0.15, 0.2) is 48.7 Å². The van der Waals surface area contributed by atoms with E-state index in [1.807, 2.05) is 12.1 Å². The number of nitrogen functional groups attached to an aromatic ring is 1. The van der Waals surface area contributed by atoms with Gasteiger partial charge in [0.25, 0.3) is 5.91 Å². The lowest BCUT2D eigenvalue weighted by molar-refractivity contribution is 0.102. The molecule has 1 amide bonds. The summed E-state index contributed by atoms with van der Waals surface area (Å²) in [5.74, 6) is -0.489. The number of para-hydroxylation sites is 1. The largest absolute Gasteiger partial charge is 0.504 e. The van der Waals surface area contributed by atoms with Crippen molar-refractivity contribution < 1.29 is 9.90 Å². The number of hydrogen-bond donors (Lipinski definition) is 5. The van der Waals surface area contributed by atoms with Crippen molar-refractivity contribution in [1.82, 2.24) is 4.98 Å². The van der Waals surface area contributed by atoms with Gasteiger partial charge in [0, 0.05) is 23.2 Å². The number of carbonyl (C=O) groups is 1. The number of phenolic OH excluding ortho intramolecular Hbond substituents is 1. The van der Waals surface area contributed by atoms with Gasteiger partial charge in [0.15, 0.2) is 5.75 Å². The van der Waals surface area contributed by atoms with E-state index < -0.39 is 0 Å². The molecule has 0 aliphatic rings. The number of benzene rings is 2. The second-order valence-corrected chi connectivity index (χ2v) is 6.77. The van der Waals surface area contributed by atoms with Crippen LogP contribution in [0, 0.1) is 0 Å². The summed E-state index contributed by atoms with van der Waals surface area (Å²) < 4.78 is 0. The van der Waals surface area contributed by atoms with E-state index in [9.17, 15) is 9.90 Å². The molecule has 7 nitrogen and oxygen atoms in total. The lowest BCUT2D eigenvalue weighted by Crippen LogP contribution is -2.18. The molecule has 1 heterocycles. The molecule has 3 rings (SSSR count). The molecule has 3 aromatic rings. The standard InChI is InChI=1S/C21H25N5O2/c1-13(5-3-9-22)25-18-12-15(11-14-6-4-10-24-19(14)18)21(28)26-17-8-2-7-16(23)20(17)27/h2,4,6-8,10-13,25,27H,3,5,9,22-23H2,1H3,(H,26,28).